The Morgan fingerprint density at radius 1 is 1.60 bits per heavy atom. The molecule has 1 rings (SSSR count). The Hall–Kier alpha value is -1.25. The molecule has 0 bridgehead atoms. The van der Waals surface area contributed by atoms with Crippen molar-refractivity contribution in [2.24, 2.45) is 0 Å². The molecular formula is C8H5FINO4. The highest BCUT2D eigenvalue weighted by Crippen LogP contribution is 2.23. The van der Waals surface area contributed by atoms with Crippen LogP contribution in [0.3, 0.4) is 0 Å². The van der Waals surface area contributed by atoms with Crippen molar-refractivity contribution in [2.75, 3.05) is 7.11 Å². The van der Waals surface area contributed by atoms with Crippen molar-refractivity contribution in [1.29, 1.82) is 0 Å². The molecule has 7 heteroatoms. The van der Waals surface area contributed by atoms with Crippen molar-refractivity contribution in [3.8, 4) is 0 Å². The number of non-ortho nitro benzene ring substituents is 1. The van der Waals surface area contributed by atoms with Crippen molar-refractivity contribution < 1.29 is 18.8 Å². The summed E-state index contributed by atoms with van der Waals surface area (Å²) in [6, 6.07) is 1.89. The molecule has 0 unspecified atom stereocenters. The van der Waals surface area contributed by atoms with Crippen molar-refractivity contribution in [3.63, 3.8) is 0 Å². The zero-order chi connectivity index (χ0) is 11.6. The summed E-state index contributed by atoms with van der Waals surface area (Å²) in [5.41, 5.74) is -0.780. The summed E-state index contributed by atoms with van der Waals surface area (Å²) < 4.78 is 17.7. The number of esters is 1. The minimum atomic E-state index is -0.936. The minimum absolute atomic E-state index is 0.00204. The van der Waals surface area contributed by atoms with E-state index in [1.165, 1.54) is 0 Å². The number of halogens is 2. The molecule has 0 aliphatic rings. The van der Waals surface area contributed by atoms with Gasteiger partial charge in [-0.2, -0.15) is 0 Å². The van der Waals surface area contributed by atoms with Gasteiger partial charge in [0, 0.05) is 12.1 Å². The number of nitro benzene ring substituents is 1. The molecule has 0 saturated carbocycles. The van der Waals surface area contributed by atoms with Crippen LogP contribution in [0.15, 0.2) is 12.1 Å². The smallest absolute Gasteiger partial charge is 0.341 e. The molecule has 80 valence electrons. The zero-order valence-corrected chi connectivity index (χ0v) is 9.65. The number of carbonyl (C=O) groups excluding carboxylic acids is 1. The van der Waals surface area contributed by atoms with Gasteiger partial charge in [0.1, 0.15) is 5.56 Å². The molecule has 0 radical (unpaired) electrons. The highest BCUT2D eigenvalue weighted by molar-refractivity contribution is 14.1. The van der Waals surface area contributed by atoms with E-state index in [2.05, 4.69) is 4.74 Å². The van der Waals surface area contributed by atoms with E-state index in [-0.39, 0.29) is 9.26 Å². The minimum Gasteiger partial charge on any atom is -0.465 e. The highest BCUT2D eigenvalue weighted by atomic mass is 127. The normalized spacial score (nSPS) is 9.80. The lowest BCUT2D eigenvalue weighted by Crippen LogP contribution is -2.07. The molecule has 0 amide bonds. The van der Waals surface area contributed by atoms with E-state index in [4.69, 9.17) is 0 Å². The fourth-order valence-corrected chi connectivity index (χ4v) is 1.55. The first-order chi connectivity index (χ1) is 6.97. The molecule has 0 spiro atoms. The fourth-order valence-electron chi connectivity index (χ4n) is 0.939. The predicted molar refractivity (Wildman–Crippen MR) is 57.1 cm³/mol. The molecule has 0 aliphatic heterocycles. The van der Waals surface area contributed by atoms with Crippen LogP contribution >= 0.6 is 22.6 Å². The maximum Gasteiger partial charge on any atom is 0.341 e. The van der Waals surface area contributed by atoms with Gasteiger partial charge in [-0.25, -0.2) is 9.18 Å². The van der Waals surface area contributed by atoms with Gasteiger partial charge in [0.2, 0.25) is 0 Å². The summed E-state index contributed by atoms with van der Waals surface area (Å²) in [5, 5.41) is 10.5. The van der Waals surface area contributed by atoms with Crippen LogP contribution in [0.2, 0.25) is 0 Å². The maximum atomic E-state index is 13.4. The predicted octanol–water partition coefficient (Wildman–Crippen LogP) is 2.13. The van der Waals surface area contributed by atoms with Gasteiger partial charge in [0.25, 0.3) is 5.69 Å². The Morgan fingerprint density at radius 2 is 2.20 bits per heavy atom. The van der Waals surface area contributed by atoms with Crippen molar-refractivity contribution >= 4 is 34.2 Å². The van der Waals surface area contributed by atoms with E-state index in [0.717, 1.165) is 19.2 Å². The highest BCUT2D eigenvalue weighted by Gasteiger charge is 2.20. The van der Waals surface area contributed by atoms with Gasteiger partial charge < -0.3 is 4.74 Å². The Bertz CT molecular complexity index is 435. The maximum absolute atomic E-state index is 13.4. The van der Waals surface area contributed by atoms with Crippen LogP contribution in [0.1, 0.15) is 10.4 Å². The van der Waals surface area contributed by atoms with Crippen molar-refractivity contribution in [1.82, 2.24) is 0 Å². The Morgan fingerprint density at radius 3 is 2.67 bits per heavy atom. The van der Waals surface area contributed by atoms with Crippen LogP contribution in [0.5, 0.6) is 0 Å². The van der Waals surface area contributed by atoms with Gasteiger partial charge in [0.15, 0.2) is 5.82 Å². The first-order valence-electron chi connectivity index (χ1n) is 3.69. The number of nitrogens with zero attached hydrogens (tertiary/aromatic N) is 1. The molecule has 1 aromatic rings. The van der Waals surface area contributed by atoms with Crippen LogP contribution in [0.25, 0.3) is 0 Å². The molecule has 0 heterocycles. The van der Waals surface area contributed by atoms with E-state index < -0.39 is 22.3 Å². The molecule has 0 atom stereocenters. The average molecular weight is 325 g/mol. The summed E-state index contributed by atoms with van der Waals surface area (Å²) in [4.78, 5) is 20.8. The quantitative estimate of drug-likeness (QED) is 0.361. The lowest BCUT2D eigenvalue weighted by atomic mass is 10.2. The molecule has 0 aromatic heterocycles. The zero-order valence-electron chi connectivity index (χ0n) is 7.49. The number of methoxy groups -OCH3 is 1. The van der Waals surface area contributed by atoms with Gasteiger partial charge in [-0.1, -0.05) is 0 Å². The van der Waals surface area contributed by atoms with E-state index in [9.17, 15) is 19.3 Å². The molecule has 5 nitrogen and oxygen atoms in total. The first-order valence-corrected chi connectivity index (χ1v) is 4.77. The average Bonchev–Trinajstić information content (AvgIpc) is 2.20. The summed E-state index contributed by atoms with van der Waals surface area (Å²) >= 11 is 1.57. The fraction of sp³-hybridized carbons (Fsp3) is 0.125. The number of nitro groups is 1. The number of benzene rings is 1. The number of hydrogen-bond acceptors (Lipinski definition) is 4. The second kappa shape index (κ2) is 4.51. The second-order valence-electron chi connectivity index (χ2n) is 2.54. The van der Waals surface area contributed by atoms with E-state index in [0.29, 0.717) is 0 Å². The van der Waals surface area contributed by atoms with Gasteiger partial charge in [-0.05, 0) is 22.6 Å². The first kappa shape index (κ1) is 11.8. The van der Waals surface area contributed by atoms with E-state index >= 15 is 0 Å². The second-order valence-corrected chi connectivity index (χ2v) is 3.70. The van der Waals surface area contributed by atoms with Gasteiger partial charge in [-0.15, -0.1) is 0 Å². The monoisotopic (exact) mass is 325 g/mol. The molecule has 15 heavy (non-hydrogen) atoms. The van der Waals surface area contributed by atoms with E-state index in [1.54, 1.807) is 22.6 Å². The van der Waals surface area contributed by atoms with Crippen LogP contribution in [-0.4, -0.2) is 18.0 Å². The summed E-state index contributed by atoms with van der Waals surface area (Å²) in [6.45, 7) is 0. The number of ether oxygens (including phenoxy) is 1. The van der Waals surface area contributed by atoms with Crippen LogP contribution in [-0.2, 0) is 4.74 Å². The molecule has 1 aromatic carbocycles. The van der Waals surface area contributed by atoms with Gasteiger partial charge in [0.05, 0.1) is 15.6 Å². The molecule has 0 N–H and O–H groups in total. The summed E-state index contributed by atoms with van der Waals surface area (Å²) in [6.07, 6.45) is 0. The van der Waals surface area contributed by atoms with Gasteiger partial charge in [-0.3, -0.25) is 10.1 Å². The Kier molecular flexibility index (Phi) is 3.56. The van der Waals surface area contributed by atoms with Crippen molar-refractivity contribution in [3.05, 3.63) is 37.2 Å². The lowest BCUT2D eigenvalue weighted by molar-refractivity contribution is -0.385. The van der Waals surface area contributed by atoms with Crippen LogP contribution in [0.4, 0.5) is 10.1 Å². The SMILES string of the molecule is COC(=O)c1cc([N+](=O)[O-])cc(I)c1F. The van der Waals surface area contributed by atoms with Gasteiger partial charge >= 0.3 is 5.97 Å². The molecule has 0 aliphatic carbocycles. The number of rotatable bonds is 2. The largest absolute Gasteiger partial charge is 0.465 e. The molecular weight excluding hydrogens is 320 g/mol. The summed E-state index contributed by atoms with van der Waals surface area (Å²) in [5.74, 6) is -1.75. The Labute approximate surface area is 97.5 Å². The summed E-state index contributed by atoms with van der Waals surface area (Å²) in [7, 11) is 1.08. The molecule has 0 saturated heterocycles. The topological polar surface area (TPSA) is 69.4 Å². The standard InChI is InChI=1S/C8H5FINO4/c1-15-8(12)5-2-4(11(13)14)3-6(10)7(5)9/h2-3H,1H3. The van der Waals surface area contributed by atoms with Crippen LogP contribution < -0.4 is 0 Å². The number of hydrogen-bond donors (Lipinski definition) is 0. The third-order valence-electron chi connectivity index (χ3n) is 1.63. The van der Waals surface area contributed by atoms with Crippen LogP contribution in [0, 0.1) is 19.5 Å². The third-order valence-corrected chi connectivity index (χ3v) is 2.41. The lowest BCUT2D eigenvalue weighted by Gasteiger charge is -2.02. The van der Waals surface area contributed by atoms with E-state index in [1.807, 2.05) is 0 Å². The molecule has 0 fully saturated rings. The Balaban J connectivity index is 3.37. The van der Waals surface area contributed by atoms with Crippen molar-refractivity contribution in [2.45, 2.75) is 0 Å². The third kappa shape index (κ3) is 2.41. The number of carbonyl (C=O) groups is 1.